The molecular weight excluding hydrogens is 276 g/mol. The molecule has 0 aliphatic carbocycles. The summed E-state index contributed by atoms with van der Waals surface area (Å²) in [5.74, 6) is -2.13. The van der Waals surface area contributed by atoms with Crippen LogP contribution in [0.2, 0.25) is 0 Å². The number of rotatable bonds is 6. The number of benzene rings is 1. The van der Waals surface area contributed by atoms with Crippen molar-refractivity contribution in [2.75, 3.05) is 24.3 Å². The molecule has 0 spiro atoms. The number of carbonyl (C=O) groups excluding carboxylic acids is 2. The molecule has 1 rings (SSSR count). The van der Waals surface area contributed by atoms with Crippen molar-refractivity contribution in [3.05, 3.63) is 24.3 Å². The summed E-state index contributed by atoms with van der Waals surface area (Å²) < 4.78 is 0. The minimum Gasteiger partial charge on any atom is -0.480 e. The highest BCUT2D eigenvalue weighted by molar-refractivity contribution is 5.93. The molecule has 8 heteroatoms. The topological polar surface area (TPSA) is 125 Å². The number of carbonyl (C=O) groups is 3. The predicted octanol–water partition coefficient (Wildman–Crippen LogP) is 0.203. The third kappa shape index (κ3) is 5.39. The molecule has 0 heterocycles. The molecule has 114 valence electrons. The van der Waals surface area contributed by atoms with Gasteiger partial charge in [0.05, 0.1) is 6.42 Å². The van der Waals surface area contributed by atoms with E-state index in [2.05, 4.69) is 10.6 Å². The van der Waals surface area contributed by atoms with Crippen LogP contribution in [0, 0.1) is 0 Å². The number of carboxylic acid groups (broad SMARTS) is 1. The third-order valence-corrected chi connectivity index (χ3v) is 2.65. The van der Waals surface area contributed by atoms with E-state index in [-0.39, 0.29) is 0 Å². The van der Waals surface area contributed by atoms with E-state index in [1.165, 1.54) is 0 Å². The second-order valence-corrected chi connectivity index (χ2v) is 4.60. The zero-order valence-corrected chi connectivity index (χ0v) is 11.8. The van der Waals surface area contributed by atoms with Crippen LogP contribution >= 0.6 is 0 Å². The lowest BCUT2D eigenvalue weighted by Gasteiger charge is -2.15. The van der Waals surface area contributed by atoms with Crippen LogP contribution in [0.1, 0.15) is 6.42 Å². The van der Waals surface area contributed by atoms with E-state index in [1.807, 2.05) is 19.0 Å². The summed E-state index contributed by atoms with van der Waals surface area (Å²) in [4.78, 5) is 35.2. The molecule has 5 N–H and O–H groups in total. The van der Waals surface area contributed by atoms with Gasteiger partial charge in [-0.25, -0.2) is 9.59 Å². The summed E-state index contributed by atoms with van der Waals surface area (Å²) in [7, 11) is 3.77. The van der Waals surface area contributed by atoms with E-state index in [0.717, 1.165) is 5.69 Å². The molecule has 1 aromatic carbocycles. The first-order chi connectivity index (χ1) is 9.79. The van der Waals surface area contributed by atoms with Crippen LogP contribution in [0.25, 0.3) is 0 Å². The number of urea groups is 1. The number of nitrogens with one attached hydrogen (secondary N) is 2. The molecule has 0 bridgehead atoms. The van der Waals surface area contributed by atoms with Crippen molar-refractivity contribution in [2.24, 2.45) is 5.73 Å². The molecule has 0 aliphatic rings. The van der Waals surface area contributed by atoms with Crippen LogP contribution in [0.15, 0.2) is 24.3 Å². The van der Waals surface area contributed by atoms with Crippen molar-refractivity contribution in [3.63, 3.8) is 0 Å². The number of primary amides is 1. The molecule has 3 amide bonds. The average molecular weight is 294 g/mol. The van der Waals surface area contributed by atoms with Crippen molar-refractivity contribution in [3.8, 4) is 0 Å². The number of nitrogens with two attached hydrogens (primary N) is 1. The highest BCUT2D eigenvalue weighted by Gasteiger charge is 2.22. The Morgan fingerprint density at radius 2 is 1.81 bits per heavy atom. The summed E-state index contributed by atoms with van der Waals surface area (Å²) in [6, 6.07) is 4.88. The molecule has 0 fully saturated rings. The Hall–Kier alpha value is -2.77. The second kappa shape index (κ2) is 7.13. The highest BCUT2D eigenvalue weighted by Crippen LogP contribution is 2.15. The molecule has 0 saturated heterocycles. The molecule has 1 aromatic rings. The van der Waals surface area contributed by atoms with Crippen LogP contribution in [0.4, 0.5) is 16.2 Å². The maximum absolute atomic E-state index is 11.7. The zero-order valence-electron chi connectivity index (χ0n) is 11.8. The van der Waals surface area contributed by atoms with Gasteiger partial charge in [0.15, 0.2) is 0 Å². The van der Waals surface area contributed by atoms with E-state index in [1.54, 1.807) is 24.3 Å². The number of nitrogens with zero attached hydrogens (tertiary/aromatic N) is 1. The Bertz CT molecular complexity index is 527. The Morgan fingerprint density at radius 1 is 1.24 bits per heavy atom. The Kier molecular flexibility index (Phi) is 5.53. The summed E-state index contributed by atoms with van der Waals surface area (Å²) >= 11 is 0. The lowest BCUT2D eigenvalue weighted by Crippen LogP contribution is -2.45. The Morgan fingerprint density at radius 3 is 2.24 bits per heavy atom. The first-order valence-electron chi connectivity index (χ1n) is 6.15. The van der Waals surface area contributed by atoms with E-state index in [9.17, 15) is 14.4 Å². The number of carboxylic acids is 1. The van der Waals surface area contributed by atoms with Gasteiger partial charge < -0.3 is 26.4 Å². The monoisotopic (exact) mass is 294 g/mol. The van der Waals surface area contributed by atoms with Crippen LogP contribution in [0.3, 0.4) is 0 Å². The minimum atomic E-state index is -1.36. The molecule has 0 unspecified atom stereocenters. The lowest BCUT2D eigenvalue weighted by atomic mass is 10.2. The molecule has 8 nitrogen and oxygen atoms in total. The maximum atomic E-state index is 11.7. The fourth-order valence-corrected chi connectivity index (χ4v) is 1.57. The van der Waals surface area contributed by atoms with Crippen molar-refractivity contribution in [1.29, 1.82) is 0 Å². The normalized spacial score (nSPS) is 11.3. The standard InChI is InChI=1S/C13H18N4O4/c1-17(2)9-5-3-8(4-6-9)15-13(21)16-10(12(19)20)7-11(14)18/h3-6,10H,7H2,1-2H3,(H2,14,18)(H,19,20)(H2,15,16,21)/t10-/m1/s1. The summed E-state index contributed by atoms with van der Waals surface area (Å²) in [5.41, 5.74) is 6.38. The molecule has 0 radical (unpaired) electrons. The van der Waals surface area contributed by atoms with Gasteiger partial charge in [-0.2, -0.15) is 0 Å². The van der Waals surface area contributed by atoms with E-state index in [4.69, 9.17) is 10.8 Å². The molecule has 1 atom stereocenters. The third-order valence-electron chi connectivity index (χ3n) is 2.65. The van der Waals surface area contributed by atoms with Gasteiger partial charge in [-0.3, -0.25) is 4.79 Å². The predicted molar refractivity (Wildman–Crippen MR) is 78.2 cm³/mol. The fourth-order valence-electron chi connectivity index (χ4n) is 1.57. The fraction of sp³-hybridized carbons (Fsp3) is 0.308. The van der Waals surface area contributed by atoms with Gasteiger partial charge >= 0.3 is 12.0 Å². The molecule has 0 saturated carbocycles. The summed E-state index contributed by atoms with van der Waals surface area (Å²) in [6.07, 6.45) is -0.470. The van der Waals surface area contributed by atoms with Crippen LogP contribution in [-0.4, -0.2) is 43.2 Å². The van der Waals surface area contributed by atoms with Gasteiger partial charge in [0.2, 0.25) is 5.91 Å². The molecule has 0 aromatic heterocycles. The number of aliphatic carboxylic acids is 1. The Labute approximate surface area is 121 Å². The number of hydrogen-bond acceptors (Lipinski definition) is 4. The lowest BCUT2D eigenvalue weighted by molar-refractivity contribution is -0.140. The van der Waals surface area contributed by atoms with Crippen molar-refractivity contribution in [1.82, 2.24) is 5.32 Å². The van der Waals surface area contributed by atoms with Gasteiger partial charge in [0.25, 0.3) is 0 Å². The van der Waals surface area contributed by atoms with Crippen LogP contribution in [-0.2, 0) is 9.59 Å². The van der Waals surface area contributed by atoms with Gasteiger partial charge in [0, 0.05) is 25.5 Å². The zero-order chi connectivity index (χ0) is 16.0. The largest absolute Gasteiger partial charge is 0.480 e. The number of amides is 3. The quantitative estimate of drug-likeness (QED) is 0.596. The highest BCUT2D eigenvalue weighted by atomic mass is 16.4. The van der Waals surface area contributed by atoms with Crippen molar-refractivity contribution in [2.45, 2.75) is 12.5 Å². The maximum Gasteiger partial charge on any atom is 0.326 e. The average Bonchev–Trinajstić information content (AvgIpc) is 2.37. The summed E-state index contributed by atoms with van der Waals surface area (Å²) in [5, 5.41) is 13.5. The van der Waals surface area contributed by atoms with E-state index in [0.29, 0.717) is 5.69 Å². The van der Waals surface area contributed by atoms with Crippen molar-refractivity contribution < 1.29 is 19.5 Å². The molecule has 21 heavy (non-hydrogen) atoms. The van der Waals surface area contributed by atoms with Gasteiger partial charge in [-0.1, -0.05) is 0 Å². The first kappa shape index (κ1) is 16.3. The Balaban J connectivity index is 2.63. The van der Waals surface area contributed by atoms with Crippen molar-refractivity contribution >= 4 is 29.3 Å². The molecular formula is C13H18N4O4. The van der Waals surface area contributed by atoms with E-state index < -0.39 is 30.4 Å². The number of hydrogen-bond donors (Lipinski definition) is 4. The second-order valence-electron chi connectivity index (χ2n) is 4.60. The van der Waals surface area contributed by atoms with Crippen LogP contribution in [0.5, 0.6) is 0 Å². The molecule has 0 aliphatic heterocycles. The van der Waals surface area contributed by atoms with Gasteiger partial charge in [-0.05, 0) is 24.3 Å². The van der Waals surface area contributed by atoms with Crippen LogP contribution < -0.4 is 21.3 Å². The summed E-state index contributed by atoms with van der Waals surface area (Å²) in [6.45, 7) is 0. The van der Waals surface area contributed by atoms with Gasteiger partial charge in [-0.15, -0.1) is 0 Å². The SMILES string of the molecule is CN(C)c1ccc(NC(=O)N[C@H](CC(N)=O)C(=O)O)cc1. The minimum absolute atomic E-state index is 0.470. The van der Waals surface area contributed by atoms with E-state index >= 15 is 0 Å². The first-order valence-corrected chi connectivity index (χ1v) is 6.15. The smallest absolute Gasteiger partial charge is 0.326 e. The van der Waals surface area contributed by atoms with Gasteiger partial charge in [0.1, 0.15) is 6.04 Å². The number of anilines is 2.